The number of piperidine rings is 1. The number of amides is 2. The molecule has 1 heterocycles. The van der Waals surface area contributed by atoms with E-state index in [9.17, 15) is 9.59 Å². The van der Waals surface area contributed by atoms with E-state index in [2.05, 4.69) is 28.2 Å². The fourth-order valence-corrected chi connectivity index (χ4v) is 3.43. The van der Waals surface area contributed by atoms with Gasteiger partial charge in [-0.25, -0.2) is 0 Å². The third kappa shape index (κ3) is 4.32. The Hall–Kier alpha value is -1.36. The predicted molar refractivity (Wildman–Crippen MR) is 91.8 cm³/mol. The minimum atomic E-state index is -0.240. The lowest BCUT2D eigenvalue weighted by Crippen LogP contribution is -2.44. The first-order valence-corrected chi connectivity index (χ1v) is 8.66. The zero-order chi connectivity index (χ0) is 16.1. The average Bonchev–Trinajstić information content (AvgIpc) is 2.50. The van der Waals surface area contributed by atoms with E-state index in [1.807, 2.05) is 30.0 Å². The fourth-order valence-electron chi connectivity index (χ4n) is 2.95. The summed E-state index contributed by atoms with van der Waals surface area (Å²) in [7, 11) is 0. The molecule has 120 valence electrons. The number of hydrogen-bond acceptors (Lipinski definition) is 2. The molecule has 0 aliphatic carbocycles. The summed E-state index contributed by atoms with van der Waals surface area (Å²) in [6, 6.07) is 5.96. The van der Waals surface area contributed by atoms with Crippen LogP contribution in [0.25, 0.3) is 0 Å². The van der Waals surface area contributed by atoms with E-state index in [1.165, 1.54) is 6.42 Å². The van der Waals surface area contributed by atoms with Crippen molar-refractivity contribution in [1.29, 1.82) is 0 Å². The second-order valence-corrected chi connectivity index (χ2v) is 6.74. The Morgan fingerprint density at radius 2 is 2.14 bits per heavy atom. The van der Waals surface area contributed by atoms with Crippen molar-refractivity contribution >= 4 is 33.4 Å². The summed E-state index contributed by atoms with van der Waals surface area (Å²) in [5, 5.41) is 2.83. The lowest BCUT2D eigenvalue weighted by atomic mass is 9.99. The number of aryl methyl sites for hydroxylation is 1. The van der Waals surface area contributed by atoms with Crippen molar-refractivity contribution in [3.05, 3.63) is 28.2 Å². The van der Waals surface area contributed by atoms with Crippen molar-refractivity contribution in [2.24, 2.45) is 0 Å². The van der Waals surface area contributed by atoms with Crippen LogP contribution < -0.4 is 5.32 Å². The van der Waals surface area contributed by atoms with Crippen LogP contribution in [0.15, 0.2) is 22.7 Å². The topological polar surface area (TPSA) is 49.4 Å². The molecule has 1 saturated heterocycles. The van der Waals surface area contributed by atoms with Gasteiger partial charge in [-0.3, -0.25) is 9.59 Å². The van der Waals surface area contributed by atoms with Gasteiger partial charge in [0, 0.05) is 22.7 Å². The van der Waals surface area contributed by atoms with Gasteiger partial charge in [0.15, 0.2) is 0 Å². The largest absolute Gasteiger partial charge is 0.339 e. The highest BCUT2D eigenvalue weighted by Gasteiger charge is 2.26. The van der Waals surface area contributed by atoms with Crippen LogP contribution in [0.2, 0.25) is 0 Å². The molecule has 2 amide bonds. The highest BCUT2D eigenvalue weighted by molar-refractivity contribution is 9.10. The molecular weight excluding hydrogens is 344 g/mol. The molecule has 1 aliphatic rings. The Kier molecular flexibility index (Phi) is 6.00. The summed E-state index contributed by atoms with van der Waals surface area (Å²) in [4.78, 5) is 26.4. The zero-order valence-electron chi connectivity index (χ0n) is 13.2. The molecule has 0 aromatic heterocycles. The molecule has 2 rings (SSSR count). The van der Waals surface area contributed by atoms with Crippen LogP contribution in [0.1, 0.15) is 44.6 Å². The van der Waals surface area contributed by atoms with Gasteiger partial charge in [0.25, 0.3) is 0 Å². The van der Waals surface area contributed by atoms with Crippen LogP contribution in [0.4, 0.5) is 5.69 Å². The monoisotopic (exact) mass is 366 g/mol. The summed E-state index contributed by atoms with van der Waals surface area (Å²) in [6.07, 6.45) is 4.14. The summed E-state index contributed by atoms with van der Waals surface area (Å²) in [5.74, 6) is -0.297. The van der Waals surface area contributed by atoms with Gasteiger partial charge in [-0.1, -0.05) is 22.9 Å². The van der Waals surface area contributed by atoms with Crippen molar-refractivity contribution in [2.45, 2.75) is 52.0 Å². The van der Waals surface area contributed by atoms with Crippen molar-refractivity contribution < 1.29 is 9.59 Å². The van der Waals surface area contributed by atoms with Gasteiger partial charge < -0.3 is 10.2 Å². The zero-order valence-corrected chi connectivity index (χ0v) is 14.8. The third-order valence-electron chi connectivity index (χ3n) is 4.19. The van der Waals surface area contributed by atoms with E-state index in [0.717, 1.165) is 41.5 Å². The van der Waals surface area contributed by atoms with Gasteiger partial charge in [-0.2, -0.15) is 0 Å². The molecule has 5 heteroatoms. The predicted octanol–water partition coefficient (Wildman–Crippen LogP) is 3.88. The minimum Gasteiger partial charge on any atom is -0.339 e. The Bertz CT molecular complexity index is 560. The van der Waals surface area contributed by atoms with E-state index in [-0.39, 0.29) is 18.2 Å². The number of halogens is 1. The maximum atomic E-state index is 12.4. The quantitative estimate of drug-likeness (QED) is 0.822. The first kappa shape index (κ1) is 17.0. The number of likely N-dealkylation sites (tertiary alicyclic amines) is 1. The van der Waals surface area contributed by atoms with Crippen LogP contribution in [0, 0.1) is 6.92 Å². The minimum absolute atomic E-state index is 0.0567. The Morgan fingerprint density at radius 1 is 1.36 bits per heavy atom. The molecule has 1 fully saturated rings. The number of carbonyl (C=O) groups is 2. The number of nitrogens with zero attached hydrogens (tertiary/aromatic N) is 1. The van der Waals surface area contributed by atoms with Crippen molar-refractivity contribution in [1.82, 2.24) is 4.90 Å². The third-order valence-corrected chi connectivity index (χ3v) is 4.69. The number of hydrogen-bond donors (Lipinski definition) is 1. The first-order valence-electron chi connectivity index (χ1n) is 7.86. The molecule has 0 saturated carbocycles. The van der Waals surface area contributed by atoms with Gasteiger partial charge in [0.2, 0.25) is 11.8 Å². The van der Waals surface area contributed by atoms with Gasteiger partial charge in [-0.15, -0.1) is 0 Å². The van der Waals surface area contributed by atoms with E-state index in [0.29, 0.717) is 6.04 Å². The molecule has 0 radical (unpaired) electrons. The van der Waals surface area contributed by atoms with Gasteiger partial charge in [0.1, 0.15) is 6.42 Å². The first-order chi connectivity index (χ1) is 10.5. The lowest BCUT2D eigenvalue weighted by molar-refractivity contribution is -0.137. The van der Waals surface area contributed by atoms with E-state index in [1.54, 1.807) is 0 Å². The maximum Gasteiger partial charge on any atom is 0.233 e. The average molecular weight is 367 g/mol. The molecule has 1 aromatic carbocycles. The number of benzene rings is 1. The van der Waals surface area contributed by atoms with E-state index in [4.69, 9.17) is 0 Å². The molecule has 22 heavy (non-hydrogen) atoms. The molecule has 0 bridgehead atoms. The van der Waals surface area contributed by atoms with Gasteiger partial charge >= 0.3 is 0 Å². The number of carbonyl (C=O) groups excluding carboxylic acids is 2. The van der Waals surface area contributed by atoms with Crippen LogP contribution >= 0.6 is 15.9 Å². The number of nitrogens with one attached hydrogen (secondary N) is 1. The molecule has 0 spiro atoms. The summed E-state index contributed by atoms with van der Waals surface area (Å²) in [5.41, 5.74) is 1.73. The SMILES string of the molecule is CCC1CCCCN1C(=O)CC(=O)Nc1ccc(Br)cc1C. The van der Waals surface area contributed by atoms with Crippen LogP contribution in [0.5, 0.6) is 0 Å². The molecular formula is C17H23BrN2O2. The molecule has 1 N–H and O–H groups in total. The fraction of sp³-hybridized carbons (Fsp3) is 0.529. The molecule has 4 nitrogen and oxygen atoms in total. The van der Waals surface area contributed by atoms with Crippen molar-refractivity contribution in [3.8, 4) is 0 Å². The maximum absolute atomic E-state index is 12.4. The van der Waals surface area contributed by atoms with Gasteiger partial charge in [0.05, 0.1) is 0 Å². The normalized spacial score (nSPS) is 18.1. The standard InChI is InChI=1S/C17H23BrN2O2/c1-3-14-6-4-5-9-20(14)17(22)11-16(21)19-15-8-7-13(18)10-12(15)2/h7-8,10,14H,3-6,9,11H2,1-2H3,(H,19,21). The molecule has 1 aromatic rings. The number of anilines is 1. The second kappa shape index (κ2) is 7.77. The molecule has 1 atom stereocenters. The Balaban J connectivity index is 1.94. The summed E-state index contributed by atoms with van der Waals surface area (Å²) in [6.45, 7) is 4.81. The highest BCUT2D eigenvalue weighted by Crippen LogP contribution is 2.22. The van der Waals surface area contributed by atoms with E-state index >= 15 is 0 Å². The number of rotatable bonds is 4. The van der Waals surface area contributed by atoms with E-state index < -0.39 is 0 Å². The Morgan fingerprint density at radius 3 is 2.82 bits per heavy atom. The molecule has 1 unspecified atom stereocenters. The Labute approximate surface area is 140 Å². The summed E-state index contributed by atoms with van der Waals surface area (Å²) < 4.78 is 0.971. The van der Waals surface area contributed by atoms with Crippen molar-refractivity contribution in [2.75, 3.05) is 11.9 Å². The van der Waals surface area contributed by atoms with Crippen LogP contribution in [-0.4, -0.2) is 29.3 Å². The van der Waals surface area contributed by atoms with Gasteiger partial charge in [-0.05, 0) is 56.4 Å². The highest BCUT2D eigenvalue weighted by atomic mass is 79.9. The second-order valence-electron chi connectivity index (χ2n) is 5.83. The van der Waals surface area contributed by atoms with Crippen LogP contribution in [0.3, 0.4) is 0 Å². The lowest BCUT2D eigenvalue weighted by Gasteiger charge is -2.35. The molecule has 1 aliphatic heterocycles. The smallest absolute Gasteiger partial charge is 0.233 e. The van der Waals surface area contributed by atoms with Crippen molar-refractivity contribution in [3.63, 3.8) is 0 Å². The summed E-state index contributed by atoms with van der Waals surface area (Å²) >= 11 is 3.40. The van der Waals surface area contributed by atoms with Crippen LogP contribution in [-0.2, 0) is 9.59 Å².